The van der Waals surface area contributed by atoms with Crippen molar-refractivity contribution in [2.75, 3.05) is 20.6 Å². The number of nitrogens with zero attached hydrogens (tertiary/aromatic N) is 4. The van der Waals surface area contributed by atoms with Crippen molar-refractivity contribution >= 4 is 33.4 Å². The van der Waals surface area contributed by atoms with E-state index in [1.807, 2.05) is 0 Å². The largest absolute Gasteiger partial charge is 0.282 e. The first-order valence-electron chi connectivity index (χ1n) is 5.13. The molecule has 0 aliphatic carbocycles. The van der Waals surface area contributed by atoms with Crippen LogP contribution in [0, 0.1) is 11.3 Å². The lowest BCUT2D eigenvalue weighted by molar-refractivity contribution is 0.393. The van der Waals surface area contributed by atoms with Gasteiger partial charge in [0.15, 0.2) is 0 Å². The Morgan fingerprint density at radius 3 is 2.53 bits per heavy atom. The van der Waals surface area contributed by atoms with Crippen LogP contribution in [0.3, 0.4) is 0 Å². The molecular weight excluding hydrogens is 311 g/mol. The fourth-order valence-electron chi connectivity index (χ4n) is 1.26. The molecule has 0 saturated heterocycles. The molecule has 0 N–H and O–H groups in total. The van der Waals surface area contributed by atoms with Crippen LogP contribution < -0.4 is 0 Å². The summed E-state index contributed by atoms with van der Waals surface area (Å²) in [5.41, 5.74) is 0.340. The zero-order chi connectivity index (χ0) is 14.6. The number of nitriles is 1. The molecule has 1 aromatic rings. The minimum absolute atomic E-state index is 0.0932. The van der Waals surface area contributed by atoms with Gasteiger partial charge in [-0.15, -0.1) is 0 Å². The predicted octanol–water partition coefficient (Wildman–Crippen LogP) is 1.52. The lowest BCUT2D eigenvalue weighted by atomic mass is 10.3. The van der Waals surface area contributed by atoms with Gasteiger partial charge in [0.1, 0.15) is 6.54 Å². The van der Waals surface area contributed by atoms with Crippen LogP contribution in [-0.4, -0.2) is 42.7 Å². The average Bonchev–Trinajstić information content (AvgIpc) is 2.31. The van der Waals surface area contributed by atoms with Gasteiger partial charge in [-0.05, 0) is 6.07 Å². The third kappa shape index (κ3) is 4.03. The number of aromatic nitrogens is 1. The molecule has 0 atom stereocenters. The molecule has 6 nitrogen and oxygen atoms in total. The highest BCUT2D eigenvalue weighted by molar-refractivity contribution is 7.86. The molecule has 0 bridgehead atoms. The maximum atomic E-state index is 12.0. The third-order valence-corrected chi connectivity index (χ3v) is 4.61. The van der Waals surface area contributed by atoms with Crippen molar-refractivity contribution in [1.82, 2.24) is 13.6 Å². The zero-order valence-electron chi connectivity index (χ0n) is 10.3. The first-order valence-corrected chi connectivity index (χ1v) is 7.28. The molecule has 104 valence electrons. The van der Waals surface area contributed by atoms with E-state index in [0.29, 0.717) is 10.7 Å². The number of hydrogen-bond donors (Lipinski definition) is 0. The first-order chi connectivity index (χ1) is 8.78. The van der Waals surface area contributed by atoms with Gasteiger partial charge in [0.2, 0.25) is 0 Å². The fraction of sp³-hybridized carbons (Fsp3) is 0.400. The van der Waals surface area contributed by atoms with E-state index in [1.54, 1.807) is 6.07 Å². The number of halogens is 2. The van der Waals surface area contributed by atoms with E-state index in [2.05, 4.69) is 4.98 Å². The average molecular weight is 323 g/mol. The molecule has 9 heteroatoms. The van der Waals surface area contributed by atoms with E-state index in [0.717, 1.165) is 8.61 Å². The second-order valence-corrected chi connectivity index (χ2v) is 6.78. The predicted molar refractivity (Wildman–Crippen MR) is 72.9 cm³/mol. The van der Waals surface area contributed by atoms with Crippen molar-refractivity contribution in [1.29, 1.82) is 5.26 Å². The summed E-state index contributed by atoms with van der Waals surface area (Å²) in [7, 11) is -0.943. The summed E-state index contributed by atoms with van der Waals surface area (Å²) in [6.07, 6.45) is 1.37. The Bertz CT molecular complexity index is 598. The first kappa shape index (κ1) is 16.1. The second kappa shape index (κ2) is 6.50. The molecule has 0 fully saturated rings. The van der Waals surface area contributed by atoms with Crippen LogP contribution in [0.5, 0.6) is 0 Å². The Morgan fingerprint density at radius 1 is 1.42 bits per heavy atom. The molecule has 0 spiro atoms. The lowest BCUT2D eigenvalue weighted by Crippen LogP contribution is -2.40. The summed E-state index contributed by atoms with van der Waals surface area (Å²) in [6.45, 7) is -0.384. The van der Waals surface area contributed by atoms with Gasteiger partial charge in [0.25, 0.3) is 10.2 Å². The van der Waals surface area contributed by atoms with Gasteiger partial charge in [-0.2, -0.15) is 22.3 Å². The Labute approximate surface area is 122 Å². The Kier molecular flexibility index (Phi) is 5.52. The van der Waals surface area contributed by atoms with Gasteiger partial charge >= 0.3 is 0 Å². The van der Waals surface area contributed by atoms with Gasteiger partial charge in [0.05, 0.1) is 28.4 Å². The molecule has 0 radical (unpaired) electrons. The van der Waals surface area contributed by atoms with Crippen LogP contribution in [0.1, 0.15) is 5.69 Å². The Hall–Kier alpha value is -0.910. The maximum absolute atomic E-state index is 12.0. The second-order valence-electron chi connectivity index (χ2n) is 3.80. The molecule has 0 aliphatic heterocycles. The van der Waals surface area contributed by atoms with Gasteiger partial charge in [0, 0.05) is 20.3 Å². The van der Waals surface area contributed by atoms with Gasteiger partial charge < -0.3 is 0 Å². The molecule has 1 aromatic heterocycles. The molecule has 0 aromatic carbocycles. The van der Waals surface area contributed by atoms with E-state index in [9.17, 15) is 8.42 Å². The van der Waals surface area contributed by atoms with Crippen LogP contribution in [0.4, 0.5) is 0 Å². The van der Waals surface area contributed by atoms with E-state index < -0.39 is 10.2 Å². The van der Waals surface area contributed by atoms with Crippen LogP contribution in [0.15, 0.2) is 12.3 Å². The van der Waals surface area contributed by atoms with Crippen LogP contribution in [0.2, 0.25) is 10.0 Å². The summed E-state index contributed by atoms with van der Waals surface area (Å²) in [5, 5.41) is 9.34. The summed E-state index contributed by atoms with van der Waals surface area (Å²) in [5.74, 6) is 0. The highest BCUT2D eigenvalue weighted by Gasteiger charge is 2.25. The summed E-state index contributed by atoms with van der Waals surface area (Å²) >= 11 is 11.7. The molecule has 0 saturated carbocycles. The fourth-order valence-corrected chi connectivity index (χ4v) is 2.66. The Balaban J connectivity index is 3.07. The van der Waals surface area contributed by atoms with Crippen LogP contribution in [0.25, 0.3) is 0 Å². The van der Waals surface area contributed by atoms with Gasteiger partial charge in [-0.25, -0.2) is 0 Å². The SMILES string of the molecule is CN(C)S(=O)(=O)N(CC#N)Cc1ncc(Cl)cc1Cl. The molecule has 0 unspecified atom stereocenters. The van der Waals surface area contributed by atoms with Crippen molar-refractivity contribution in [3.8, 4) is 6.07 Å². The Morgan fingerprint density at radius 2 is 2.05 bits per heavy atom. The molecule has 0 aliphatic rings. The quantitative estimate of drug-likeness (QED) is 0.770. The topological polar surface area (TPSA) is 77.3 Å². The normalized spacial score (nSPS) is 11.8. The van der Waals surface area contributed by atoms with Crippen LogP contribution >= 0.6 is 23.2 Å². The minimum atomic E-state index is -3.71. The summed E-state index contributed by atoms with van der Waals surface area (Å²) < 4.78 is 26.0. The van der Waals surface area contributed by atoms with Gasteiger partial charge in [-0.3, -0.25) is 4.98 Å². The lowest BCUT2D eigenvalue weighted by Gasteiger charge is -2.23. The van der Waals surface area contributed by atoms with Crippen molar-refractivity contribution in [3.63, 3.8) is 0 Å². The standard InChI is InChI=1S/C10H12Cl2N4O2S/c1-15(2)19(17,18)16(4-3-13)7-10-9(12)5-8(11)6-14-10/h5-6H,4,7H2,1-2H3. The minimum Gasteiger partial charge on any atom is -0.257 e. The molecule has 1 heterocycles. The zero-order valence-corrected chi connectivity index (χ0v) is 12.7. The molecule has 1 rings (SSSR count). The maximum Gasteiger partial charge on any atom is 0.282 e. The van der Waals surface area contributed by atoms with Crippen molar-refractivity contribution < 1.29 is 8.42 Å². The third-order valence-electron chi connectivity index (χ3n) is 2.24. The molecular formula is C10H12Cl2N4O2S. The smallest absolute Gasteiger partial charge is 0.257 e. The van der Waals surface area contributed by atoms with E-state index in [4.69, 9.17) is 28.5 Å². The highest BCUT2D eigenvalue weighted by atomic mass is 35.5. The van der Waals surface area contributed by atoms with E-state index in [-0.39, 0.29) is 18.1 Å². The van der Waals surface area contributed by atoms with Crippen molar-refractivity contribution in [2.24, 2.45) is 0 Å². The summed E-state index contributed by atoms with van der Waals surface area (Å²) in [4.78, 5) is 3.97. The highest BCUT2D eigenvalue weighted by Crippen LogP contribution is 2.21. The van der Waals surface area contributed by atoms with E-state index >= 15 is 0 Å². The number of pyridine rings is 1. The van der Waals surface area contributed by atoms with Crippen molar-refractivity contribution in [3.05, 3.63) is 28.0 Å². The van der Waals surface area contributed by atoms with Gasteiger partial charge in [-0.1, -0.05) is 23.2 Å². The number of rotatable bonds is 5. The van der Waals surface area contributed by atoms with E-state index in [1.165, 1.54) is 26.4 Å². The van der Waals surface area contributed by atoms with Crippen LogP contribution in [-0.2, 0) is 16.8 Å². The number of hydrogen-bond acceptors (Lipinski definition) is 4. The molecule has 19 heavy (non-hydrogen) atoms. The monoisotopic (exact) mass is 322 g/mol. The molecule has 0 amide bonds. The summed E-state index contributed by atoms with van der Waals surface area (Å²) in [6, 6.07) is 3.27. The van der Waals surface area contributed by atoms with Crippen molar-refractivity contribution in [2.45, 2.75) is 6.54 Å².